The van der Waals surface area contributed by atoms with Crippen LogP contribution in [0.1, 0.15) is 40.4 Å². The van der Waals surface area contributed by atoms with Crippen molar-refractivity contribution < 1.29 is 19.4 Å². The first kappa shape index (κ1) is 19.0. The lowest BCUT2D eigenvalue weighted by molar-refractivity contribution is 0.0705. The van der Waals surface area contributed by atoms with Gasteiger partial charge in [0.25, 0.3) is 5.91 Å². The number of hydrogen-bond acceptors (Lipinski definition) is 4. The summed E-state index contributed by atoms with van der Waals surface area (Å²) in [5.74, 6) is -0.674. The zero-order valence-corrected chi connectivity index (χ0v) is 16.0. The molecule has 2 aromatic carbocycles. The number of phenolic OH excluding ortho intramolecular Hbond substituents is 2. The van der Waals surface area contributed by atoms with Crippen LogP contribution in [-0.2, 0) is 0 Å². The summed E-state index contributed by atoms with van der Waals surface area (Å²) in [5, 5.41) is 27.1. The molecule has 1 aliphatic heterocycles. The Hall–Kier alpha value is -3.35. The number of phenols is 2. The average molecular weight is 395 g/mol. The summed E-state index contributed by atoms with van der Waals surface area (Å²) in [4.78, 5) is 14.7. The highest BCUT2D eigenvalue weighted by Crippen LogP contribution is 2.34. The molecule has 1 amide bonds. The maximum absolute atomic E-state index is 13.3. The van der Waals surface area contributed by atoms with E-state index in [4.69, 9.17) is 0 Å². The van der Waals surface area contributed by atoms with E-state index in [9.17, 15) is 19.4 Å². The van der Waals surface area contributed by atoms with Crippen molar-refractivity contribution >= 4 is 5.91 Å². The summed E-state index contributed by atoms with van der Waals surface area (Å²) in [6.07, 6.45) is 3.44. The Morgan fingerprint density at radius 2 is 1.90 bits per heavy atom. The van der Waals surface area contributed by atoms with Gasteiger partial charge in [-0.05, 0) is 49.6 Å². The fraction of sp³-hybridized carbons (Fsp3) is 0.273. The third-order valence-corrected chi connectivity index (χ3v) is 5.54. The smallest absolute Gasteiger partial charge is 0.254 e. The van der Waals surface area contributed by atoms with E-state index in [-0.39, 0.29) is 34.7 Å². The molecule has 0 radical (unpaired) electrons. The summed E-state index contributed by atoms with van der Waals surface area (Å²) in [6.45, 7) is 2.68. The summed E-state index contributed by atoms with van der Waals surface area (Å²) < 4.78 is 13.3. The number of aromatic hydroxyl groups is 2. The zero-order chi connectivity index (χ0) is 20.5. The van der Waals surface area contributed by atoms with E-state index >= 15 is 0 Å². The Bertz CT molecular complexity index is 1020. The van der Waals surface area contributed by atoms with Crippen LogP contribution in [0.4, 0.5) is 4.39 Å². The largest absolute Gasteiger partial charge is 0.508 e. The summed E-state index contributed by atoms with van der Waals surface area (Å²) in [6, 6.07) is 9.04. The number of hydrogen-bond donors (Lipinski definition) is 3. The minimum absolute atomic E-state index is 0.0582. The van der Waals surface area contributed by atoms with Gasteiger partial charge in [0, 0.05) is 41.4 Å². The molecule has 6 nitrogen and oxygen atoms in total. The molecule has 0 spiro atoms. The number of aromatic nitrogens is 2. The van der Waals surface area contributed by atoms with E-state index in [1.807, 2.05) is 0 Å². The second-order valence-electron chi connectivity index (χ2n) is 7.43. The average Bonchev–Trinajstić information content (AvgIpc) is 3.21. The van der Waals surface area contributed by atoms with E-state index in [1.54, 1.807) is 30.2 Å². The first-order valence-electron chi connectivity index (χ1n) is 9.55. The van der Waals surface area contributed by atoms with E-state index in [2.05, 4.69) is 10.2 Å². The molecule has 150 valence electrons. The van der Waals surface area contributed by atoms with Gasteiger partial charge >= 0.3 is 0 Å². The molecule has 0 aliphatic carbocycles. The number of nitrogens with zero attached hydrogens (tertiary/aromatic N) is 2. The van der Waals surface area contributed by atoms with Crippen molar-refractivity contribution in [2.75, 3.05) is 13.1 Å². The third-order valence-electron chi connectivity index (χ3n) is 5.54. The second-order valence-corrected chi connectivity index (χ2v) is 7.43. The Morgan fingerprint density at radius 3 is 2.59 bits per heavy atom. The van der Waals surface area contributed by atoms with E-state index < -0.39 is 0 Å². The SMILES string of the molecule is Cc1c(O)cc(C(=O)N2CCCC(c3[nH]ncc3-c3ccc(F)cc3)C2)cc1O. The molecule has 0 bridgehead atoms. The number of nitrogens with one attached hydrogen (secondary N) is 1. The lowest BCUT2D eigenvalue weighted by Crippen LogP contribution is -2.39. The van der Waals surface area contributed by atoms with Gasteiger partial charge in [0.2, 0.25) is 0 Å². The monoisotopic (exact) mass is 395 g/mol. The van der Waals surface area contributed by atoms with Gasteiger partial charge in [0.15, 0.2) is 0 Å². The quantitative estimate of drug-likeness (QED) is 0.626. The topological polar surface area (TPSA) is 89.5 Å². The number of aromatic amines is 1. The highest BCUT2D eigenvalue weighted by Gasteiger charge is 2.29. The van der Waals surface area contributed by atoms with Crippen LogP contribution in [0.15, 0.2) is 42.6 Å². The van der Waals surface area contributed by atoms with Gasteiger partial charge in [-0.1, -0.05) is 12.1 Å². The summed E-state index contributed by atoms with van der Waals surface area (Å²) in [5.41, 5.74) is 3.29. The summed E-state index contributed by atoms with van der Waals surface area (Å²) >= 11 is 0. The molecule has 1 aliphatic rings. The van der Waals surface area contributed by atoms with Gasteiger partial charge in [-0.25, -0.2) is 4.39 Å². The van der Waals surface area contributed by atoms with E-state index in [0.717, 1.165) is 29.7 Å². The van der Waals surface area contributed by atoms with Crippen LogP contribution < -0.4 is 0 Å². The molecule has 1 aromatic heterocycles. The maximum atomic E-state index is 13.3. The van der Waals surface area contributed by atoms with Crippen LogP contribution in [0, 0.1) is 12.7 Å². The molecular formula is C22H22FN3O3. The number of likely N-dealkylation sites (tertiary alicyclic amines) is 1. The fourth-order valence-corrected chi connectivity index (χ4v) is 3.85. The third kappa shape index (κ3) is 3.68. The van der Waals surface area contributed by atoms with E-state index in [0.29, 0.717) is 18.7 Å². The van der Waals surface area contributed by atoms with Crippen molar-refractivity contribution in [3.63, 3.8) is 0 Å². The molecule has 1 unspecified atom stereocenters. The lowest BCUT2D eigenvalue weighted by atomic mass is 9.90. The zero-order valence-electron chi connectivity index (χ0n) is 16.0. The van der Waals surface area contributed by atoms with Crippen molar-refractivity contribution in [1.82, 2.24) is 15.1 Å². The Kier molecular flexibility index (Phi) is 4.96. The van der Waals surface area contributed by atoms with Crippen LogP contribution in [0.3, 0.4) is 0 Å². The Balaban J connectivity index is 1.57. The first-order chi connectivity index (χ1) is 13.9. The Labute approximate surface area is 167 Å². The van der Waals surface area contributed by atoms with E-state index in [1.165, 1.54) is 24.3 Å². The summed E-state index contributed by atoms with van der Waals surface area (Å²) in [7, 11) is 0. The Morgan fingerprint density at radius 1 is 1.21 bits per heavy atom. The first-order valence-corrected chi connectivity index (χ1v) is 9.55. The van der Waals surface area contributed by atoms with Crippen molar-refractivity contribution in [1.29, 1.82) is 0 Å². The second kappa shape index (κ2) is 7.58. The number of benzene rings is 2. The highest BCUT2D eigenvalue weighted by molar-refractivity contribution is 5.95. The van der Waals surface area contributed by atoms with Crippen molar-refractivity contribution in [3.8, 4) is 22.6 Å². The standard InChI is InChI=1S/C22H22FN3O3/c1-13-19(27)9-16(10-20(13)28)22(29)26-8-2-3-15(12-26)21-18(11-24-25-21)14-4-6-17(23)7-5-14/h4-7,9-11,15,27-28H,2-3,8,12H2,1H3,(H,24,25). The number of carbonyl (C=O) groups is 1. The minimum Gasteiger partial charge on any atom is -0.508 e. The van der Waals surface area contributed by atoms with Gasteiger partial charge < -0.3 is 15.1 Å². The van der Waals surface area contributed by atoms with Crippen LogP contribution in [0.5, 0.6) is 11.5 Å². The molecule has 2 heterocycles. The predicted molar refractivity (Wildman–Crippen MR) is 106 cm³/mol. The van der Waals surface area contributed by atoms with Crippen molar-refractivity contribution in [3.05, 3.63) is 65.2 Å². The van der Waals surface area contributed by atoms with Gasteiger partial charge in [-0.15, -0.1) is 0 Å². The molecule has 3 N–H and O–H groups in total. The van der Waals surface area contributed by atoms with Crippen molar-refractivity contribution in [2.24, 2.45) is 0 Å². The molecule has 29 heavy (non-hydrogen) atoms. The molecule has 0 saturated carbocycles. The molecule has 7 heteroatoms. The van der Waals surface area contributed by atoms with Gasteiger partial charge in [-0.2, -0.15) is 5.10 Å². The van der Waals surface area contributed by atoms with Gasteiger partial charge in [-0.3, -0.25) is 9.89 Å². The number of carbonyl (C=O) groups excluding carboxylic acids is 1. The molecule has 3 aromatic rings. The normalized spacial score (nSPS) is 16.8. The van der Waals surface area contributed by atoms with Gasteiger partial charge in [0.1, 0.15) is 17.3 Å². The number of H-pyrrole nitrogens is 1. The molecule has 4 rings (SSSR count). The lowest BCUT2D eigenvalue weighted by Gasteiger charge is -2.33. The number of piperidine rings is 1. The maximum Gasteiger partial charge on any atom is 0.254 e. The number of halogens is 1. The molecule has 1 atom stereocenters. The predicted octanol–water partition coefficient (Wildman–Crippen LogP) is 3.96. The highest BCUT2D eigenvalue weighted by atomic mass is 19.1. The van der Waals surface area contributed by atoms with Crippen LogP contribution in [0.25, 0.3) is 11.1 Å². The molecular weight excluding hydrogens is 373 g/mol. The molecule has 1 saturated heterocycles. The van der Waals surface area contributed by atoms with Crippen molar-refractivity contribution in [2.45, 2.75) is 25.7 Å². The van der Waals surface area contributed by atoms with Crippen LogP contribution in [-0.4, -0.2) is 44.3 Å². The molecule has 1 fully saturated rings. The number of rotatable bonds is 3. The van der Waals surface area contributed by atoms with Crippen LogP contribution >= 0.6 is 0 Å². The minimum atomic E-state index is -0.294. The van der Waals surface area contributed by atoms with Crippen LogP contribution in [0.2, 0.25) is 0 Å². The number of amides is 1. The van der Waals surface area contributed by atoms with Gasteiger partial charge in [0.05, 0.1) is 6.20 Å². The fourth-order valence-electron chi connectivity index (χ4n) is 3.85.